The zero-order valence-corrected chi connectivity index (χ0v) is 13.3. The lowest BCUT2D eigenvalue weighted by Crippen LogP contribution is -2.46. The van der Waals surface area contributed by atoms with E-state index in [1.54, 1.807) is 0 Å². The molecule has 1 fully saturated rings. The van der Waals surface area contributed by atoms with Crippen molar-refractivity contribution in [3.05, 3.63) is 35.4 Å². The standard InChI is InChI=1S/C18H30N2/c1-3-5-11-19-12-14-20(15-13-19)16-18-9-7-17(6-4-2)8-10-18/h7-10H,3-6,11-16H2,1-2H3. The lowest BCUT2D eigenvalue weighted by molar-refractivity contribution is 0.126. The number of unbranched alkanes of at least 4 members (excludes halogenated alkanes) is 1. The van der Waals surface area contributed by atoms with Gasteiger partial charge in [-0.05, 0) is 30.5 Å². The van der Waals surface area contributed by atoms with Crippen LogP contribution in [0.2, 0.25) is 0 Å². The van der Waals surface area contributed by atoms with Gasteiger partial charge >= 0.3 is 0 Å². The van der Waals surface area contributed by atoms with Crippen molar-refractivity contribution in [2.45, 2.75) is 46.1 Å². The fourth-order valence-corrected chi connectivity index (χ4v) is 2.91. The van der Waals surface area contributed by atoms with E-state index in [1.165, 1.54) is 69.5 Å². The summed E-state index contributed by atoms with van der Waals surface area (Å²) in [5, 5.41) is 0. The van der Waals surface area contributed by atoms with Crippen molar-refractivity contribution < 1.29 is 0 Å². The van der Waals surface area contributed by atoms with E-state index in [0.717, 1.165) is 6.54 Å². The Morgan fingerprint density at radius 2 is 1.40 bits per heavy atom. The molecule has 1 aliphatic heterocycles. The Morgan fingerprint density at radius 3 is 2.00 bits per heavy atom. The van der Waals surface area contributed by atoms with Crippen LogP contribution in [-0.2, 0) is 13.0 Å². The number of benzene rings is 1. The first-order valence-electron chi connectivity index (χ1n) is 8.34. The second-order valence-corrected chi connectivity index (χ2v) is 6.04. The molecule has 1 aromatic carbocycles. The first-order chi connectivity index (χ1) is 9.81. The molecule has 2 heteroatoms. The van der Waals surface area contributed by atoms with E-state index in [0.29, 0.717) is 0 Å². The highest BCUT2D eigenvalue weighted by molar-refractivity contribution is 5.22. The molecule has 2 nitrogen and oxygen atoms in total. The minimum Gasteiger partial charge on any atom is -0.301 e. The van der Waals surface area contributed by atoms with Crippen molar-refractivity contribution in [3.63, 3.8) is 0 Å². The van der Waals surface area contributed by atoms with Gasteiger partial charge in [-0.3, -0.25) is 4.90 Å². The molecule has 0 spiro atoms. The highest BCUT2D eigenvalue weighted by Gasteiger charge is 2.16. The van der Waals surface area contributed by atoms with Gasteiger partial charge in [0.2, 0.25) is 0 Å². The summed E-state index contributed by atoms with van der Waals surface area (Å²) >= 11 is 0. The third-order valence-electron chi connectivity index (χ3n) is 4.26. The summed E-state index contributed by atoms with van der Waals surface area (Å²) < 4.78 is 0. The van der Waals surface area contributed by atoms with E-state index in [4.69, 9.17) is 0 Å². The summed E-state index contributed by atoms with van der Waals surface area (Å²) in [6, 6.07) is 9.23. The van der Waals surface area contributed by atoms with E-state index >= 15 is 0 Å². The summed E-state index contributed by atoms with van der Waals surface area (Å²) in [4.78, 5) is 5.21. The van der Waals surface area contributed by atoms with Crippen molar-refractivity contribution in [1.29, 1.82) is 0 Å². The van der Waals surface area contributed by atoms with Gasteiger partial charge in [-0.25, -0.2) is 0 Å². The van der Waals surface area contributed by atoms with Gasteiger partial charge in [0.15, 0.2) is 0 Å². The normalized spacial score (nSPS) is 17.5. The molecule has 0 aromatic heterocycles. The van der Waals surface area contributed by atoms with E-state index in [2.05, 4.69) is 47.9 Å². The molecule has 0 N–H and O–H groups in total. The summed E-state index contributed by atoms with van der Waals surface area (Å²) in [6.07, 6.45) is 5.10. The second kappa shape index (κ2) is 8.43. The van der Waals surface area contributed by atoms with Gasteiger partial charge in [0.1, 0.15) is 0 Å². The van der Waals surface area contributed by atoms with E-state index < -0.39 is 0 Å². The molecule has 20 heavy (non-hydrogen) atoms. The Balaban J connectivity index is 1.74. The van der Waals surface area contributed by atoms with Gasteiger partial charge in [0.25, 0.3) is 0 Å². The maximum absolute atomic E-state index is 2.62. The third kappa shape index (κ3) is 4.92. The van der Waals surface area contributed by atoms with Crippen LogP contribution in [0.5, 0.6) is 0 Å². The molecule has 0 aliphatic carbocycles. The predicted molar refractivity (Wildman–Crippen MR) is 87.1 cm³/mol. The number of rotatable bonds is 7. The lowest BCUT2D eigenvalue weighted by atomic mass is 10.1. The largest absolute Gasteiger partial charge is 0.301 e. The molecule has 0 atom stereocenters. The summed E-state index contributed by atoms with van der Waals surface area (Å²) in [7, 11) is 0. The van der Waals surface area contributed by atoms with E-state index in [9.17, 15) is 0 Å². The minimum absolute atomic E-state index is 1.12. The monoisotopic (exact) mass is 274 g/mol. The van der Waals surface area contributed by atoms with Crippen LogP contribution in [0.15, 0.2) is 24.3 Å². The zero-order chi connectivity index (χ0) is 14.2. The number of nitrogens with zero attached hydrogens (tertiary/aromatic N) is 2. The van der Waals surface area contributed by atoms with Gasteiger partial charge in [0.05, 0.1) is 0 Å². The van der Waals surface area contributed by atoms with Crippen LogP contribution < -0.4 is 0 Å². The number of hydrogen-bond donors (Lipinski definition) is 0. The van der Waals surface area contributed by atoms with Crippen LogP contribution in [0.4, 0.5) is 0 Å². The molecule has 112 valence electrons. The Hall–Kier alpha value is -0.860. The molecule has 1 aliphatic rings. The van der Waals surface area contributed by atoms with Crippen molar-refractivity contribution in [2.24, 2.45) is 0 Å². The topological polar surface area (TPSA) is 6.48 Å². The van der Waals surface area contributed by atoms with Gasteiger partial charge < -0.3 is 4.90 Å². The highest BCUT2D eigenvalue weighted by Crippen LogP contribution is 2.11. The molecule has 2 rings (SSSR count). The number of piperazine rings is 1. The van der Waals surface area contributed by atoms with Gasteiger partial charge in [-0.15, -0.1) is 0 Å². The van der Waals surface area contributed by atoms with Crippen LogP contribution in [0.25, 0.3) is 0 Å². The van der Waals surface area contributed by atoms with Gasteiger partial charge in [-0.1, -0.05) is 51.0 Å². The van der Waals surface area contributed by atoms with Crippen molar-refractivity contribution in [3.8, 4) is 0 Å². The second-order valence-electron chi connectivity index (χ2n) is 6.04. The molecule has 1 heterocycles. The SMILES string of the molecule is CCCCN1CCN(Cc2ccc(CCC)cc2)CC1. The van der Waals surface area contributed by atoms with Crippen LogP contribution in [-0.4, -0.2) is 42.5 Å². The highest BCUT2D eigenvalue weighted by atomic mass is 15.3. The molecule has 1 saturated heterocycles. The average molecular weight is 274 g/mol. The quantitative estimate of drug-likeness (QED) is 0.750. The molecule has 1 aromatic rings. The van der Waals surface area contributed by atoms with Gasteiger partial charge in [-0.2, -0.15) is 0 Å². The van der Waals surface area contributed by atoms with E-state index in [1.807, 2.05) is 0 Å². The summed E-state index contributed by atoms with van der Waals surface area (Å²) in [6.45, 7) is 11.9. The fraction of sp³-hybridized carbons (Fsp3) is 0.667. The summed E-state index contributed by atoms with van der Waals surface area (Å²) in [5.74, 6) is 0. The van der Waals surface area contributed by atoms with Crippen molar-refractivity contribution in [1.82, 2.24) is 9.80 Å². The molecular weight excluding hydrogens is 244 g/mol. The first-order valence-corrected chi connectivity index (χ1v) is 8.34. The van der Waals surface area contributed by atoms with Crippen LogP contribution in [0, 0.1) is 0 Å². The first kappa shape index (κ1) is 15.5. The Bertz CT molecular complexity index is 364. The fourth-order valence-electron chi connectivity index (χ4n) is 2.91. The number of hydrogen-bond acceptors (Lipinski definition) is 2. The smallest absolute Gasteiger partial charge is 0.0234 e. The van der Waals surface area contributed by atoms with Crippen molar-refractivity contribution in [2.75, 3.05) is 32.7 Å². The van der Waals surface area contributed by atoms with Crippen LogP contribution in [0.1, 0.15) is 44.2 Å². The maximum atomic E-state index is 2.62. The lowest BCUT2D eigenvalue weighted by Gasteiger charge is -2.34. The van der Waals surface area contributed by atoms with Crippen LogP contribution in [0.3, 0.4) is 0 Å². The molecule has 0 bridgehead atoms. The number of aryl methyl sites for hydroxylation is 1. The molecule has 0 unspecified atom stereocenters. The van der Waals surface area contributed by atoms with Crippen molar-refractivity contribution >= 4 is 0 Å². The van der Waals surface area contributed by atoms with E-state index in [-0.39, 0.29) is 0 Å². The van der Waals surface area contributed by atoms with Crippen LogP contribution >= 0.6 is 0 Å². The molecule has 0 amide bonds. The maximum Gasteiger partial charge on any atom is 0.0234 e. The molecular formula is C18H30N2. The Labute approximate surface area is 124 Å². The zero-order valence-electron chi connectivity index (χ0n) is 13.3. The average Bonchev–Trinajstić information content (AvgIpc) is 2.49. The minimum atomic E-state index is 1.12. The predicted octanol–water partition coefficient (Wildman–Crippen LogP) is 3.56. The Morgan fingerprint density at radius 1 is 0.800 bits per heavy atom. The van der Waals surface area contributed by atoms with Gasteiger partial charge in [0, 0.05) is 32.7 Å². The third-order valence-corrected chi connectivity index (χ3v) is 4.26. The summed E-state index contributed by atoms with van der Waals surface area (Å²) in [5.41, 5.74) is 2.94. The Kier molecular flexibility index (Phi) is 6.55. The molecule has 0 radical (unpaired) electrons. The molecule has 0 saturated carbocycles.